The summed E-state index contributed by atoms with van der Waals surface area (Å²) in [6.07, 6.45) is 0.459. The highest BCUT2D eigenvalue weighted by atomic mass is 79.9. The highest BCUT2D eigenvalue weighted by molar-refractivity contribution is 9.10. The van der Waals surface area contributed by atoms with Crippen LogP contribution in [-0.4, -0.2) is 18.2 Å². The lowest BCUT2D eigenvalue weighted by Crippen LogP contribution is -2.17. The average Bonchev–Trinajstić information content (AvgIpc) is 2.26. The minimum Gasteiger partial charge on any atom is -0.496 e. The van der Waals surface area contributed by atoms with Crippen LogP contribution in [0.25, 0.3) is 0 Å². The molecule has 19 heavy (non-hydrogen) atoms. The fourth-order valence-electron chi connectivity index (χ4n) is 2.02. The summed E-state index contributed by atoms with van der Waals surface area (Å²) in [6, 6.07) is 3.97. The fourth-order valence-corrected chi connectivity index (χ4v) is 2.52. The molecule has 4 heteroatoms. The highest BCUT2D eigenvalue weighted by Crippen LogP contribution is 2.37. The van der Waals surface area contributed by atoms with Crippen molar-refractivity contribution in [3.8, 4) is 5.75 Å². The molecule has 106 valence electrons. The van der Waals surface area contributed by atoms with Gasteiger partial charge in [-0.1, -0.05) is 43.6 Å². The Morgan fingerprint density at radius 3 is 2.42 bits per heavy atom. The first-order valence-electron chi connectivity index (χ1n) is 6.26. The third-order valence-electron chi connectivity index (χ3n) is 3.09. The van der Waals surface area contributed by atoms with Gasteiger partial charge in [0.25, 0.3) is 0 Å². The number of halogens is 1. The molecule has 1 aromatic carbocycles. The van der Waals surface area contributed by atoms with Gasteiger partial charge in [0.2, 0.25) is 0 Å². The van der Waals surface area contributed by atoms with E-state index in [4.69, 9.17) is 9.84 Å². The Labute approximate surface area is 123 Å². The Balaban J connectivity index is 3.31. The van der Waals surface area contributed by atoms with E-state index in [0.29, 0.717) is 6.42 Å². The summed E-state index contributed by atoms with van der Waals surface area (Å²) in [5.41, 5.74) is 1.95. The summed E-state index contributed by atoms with van der Waals surface area (Å²) in [7, 11) is 1.63. The van der Waals surface area contributed by atoms with Gasteiger partial charge in [-0.3, -0.25) is 4.79 Å². The molecule has 0 saturated carbocycles. The predicted molar refractivity (Wildman–Crippen MR) is 79.9 cm³/mol. The van der Waals surface area contributed by atoms with Crippen LogP contribution >= 0.6 is 15.9 Å². The molecule has 0 amide bonds. The van der Waals surface area contributed by atoms with Gasteiger partial charge in [-0.25, -0.2) is 0 Å². The lowest BCUT2D eigenvalue weighted by atomic mass is 9.84. The Morgan fingerprint density at radius 1 is 1.42 bits per heavy atom. The number of methoxy groups -OCH3 is 1. The quantitative estimate of drug-likeness (QED) is 0.907. The number of carbonyl (C=O) groups is 1. The van der Waals surface area contributed by atoms with Gasteiger partial charge in [-0.2, -0.15) is 0 Å². The Bertz CT molecular complexity index is 475. The van der Waals surface area contributed by atoms with Crippen molar-refractivity contribution in [3.05, 3.63) is 27.7 Å². The standard InChI is InChI=1S/C15H21BrO3/c1-9(14(17)18)6-10-7-11(16)8-12(13(10)19-5)15(2,3)4/h7-9H,6H2,1-5H3,(H,17,18). The molecule has 0 radical (unpaired) electrons. The third-order valence-corrected chi connectivity index (χ3v) is 3.55. The first-order valence-corrected chi connectivity index (χ1v) is 7.05. The molecule has 0 aliphatic rings. The van der Waals surface area contributed by atoms with Crippen LogP contribution in [0, 0.1) is 5.92 Å². The Hall–Kier alpha value is -1.03. The molecule has 1 rings (SSSR count). The smallest absolute Gasteiger partial charge is 0.306 e. The van der Waals surface area contributed by atoms with E-state index in [1.165, 1.54) is 0 Å². The van der Waals surface area contributed by atoms with Crippen LogP contribution in [0.1, 0.15) is 38.8 Å². The van der Waals surface area contributed by atoms with Gasteiger partial charge < -0.3 is 9.84 Å². The predicted octanol–water partition coefficient (Wildman–Crippen LogP) is 4.02. The van der Waals surface area contributed by atoms with Crippen molar-refractivity contribution in [2.75, 3.05) is 7.11 Å². The molecule has 0 spiro atoms. The number of carboxylic acids is 1. The molecule has 1 atom stereocenters. The number of hydrogen-bond acceptors (Lipinski definition) is 2. The maximum atomic E-state index is 11.0. The van der Waals surface area contributed by atoms with E-state index in [1.54, 1.807) is 14.0 Å². The average molecular weight is 329 g/mol. The molecular weight excluding hydrogens is 308 g/mol. The third kappa shape index (κ3) is 3.96. The highest BCUT2D eigenvalue weighted by Gasteiger charge is 2.23. The normalized spacial score (nSPS) is 13.2. The van der Waals surface area contributed by atoms with Crippen LogP contribution in [-0.2, 0) is 16.6 Å². The van der Waals surface area contributed by atoms with Crippen LogP contribution in [0.2, 0.25) is 0 Å². The van der Waals surface area contributed by atoms with Crippen LogP contribution < -0.4 is 4.74 Å². The van der Waals surface area contributed by atoms with E-state index in [1.807, 2.05) is 12.1 Å². The van der Waals surface area contributed by atoms with Crippen molar-refractivity contribution in [2.24, 2.45) is 5.92 Å². The summed E-state index contributed by atoms with van der Waals surface area (Å²) in [5, 5.41) is 9.05. The number of benzene rings is 1. The van der Waals surface area contributed by atoms with Crippen LogP contribution in [0.15, 0.2) is 16.6 Å². The maximum Gasteiger partial charge on any atom is 0.306 e. The zero-order valence-corrected chi connectivity index (χ0v) is 13.7. The monoisotopic (exact) mass is 328 g/mol. The summed E-state index contributed by atoms with van der Waals surface area (Å²) >= 11 is 3.49. The number of hydrogen-bond donors (Lipinski definition) is 1. The van der Waals surface area contributed by atoms with Crippen LogP contribution in [0.3, 0.4) is 0 Å². The molecule has 1 unspecified atom stereocenters. The zero-order valence-electron chi connectivity index (χ0n) is 12.1. The van der Waals surface area contributed by atoms with Crippen molar-refractivity contribution < 1.29 is 14.6 Å². The molecule has 0 fully saturated rings. The van der Waals surface area contributed by atoms with Gasteiger partial charge in [0.1, 0.15) is 5.75 Å². The second-order valence-corrected chi connectivity index (χ2v) is 6.75. The minimum absolute atomic E-state index is 0.0592. The van der Waals surface area contributed by atoms with Gasteiger partial charge in [0.05, 0.1) is 13.0 Å². The van der Waals surface area contributed by atoms with E-state index >= 15 is 0 Å². The lowest BCUT2D eigenvalue weighted by molar-refractivity contribution is -0.141. The second-order valence-electron chi connectivity index (χ2n) is 5.84. The number of ether oxygens (including phenoxy) is 1. The van der Waals surface area contributed by atoms with Crippen molar-refractivity contribution in [1.82, 2.24) is 0 Å². The SMILES string of the molecule is COc1c(CC(C)C(=O)O)cc(Br)cc1C(C)(C)C. The number of aliphatic carboxylic acids is 1. The van der Waals surface area contributed by atoms with Crippen LogP contribution in [0.5, 0.6) is 5.75 Å². The molecule has 0 aromatic heterocycles. The van der Waals surface area contributed by atoms with Crippen molar-refractivity contribution in [3.63, 3.8) is 0 Å². The van der Waals surface area contributed by atoms with E-state index in [-0.39, 0.29) is 5.41 Å². The molecule has 3 nitrogen and oxygen atoms in total. The zero-order chi connectivity index (χ0) is 14.8. The van der Waals surface area contributed by atoms with Gasteiger partial charge >= 0.3 is 5.97 Å². The molecule has 0 saturated heterocycles. The first-order chi connectivity index (χ1) is 8.66. The number of carboxylic acid groups (broad SMARTS) is 1. The lowest BCUT2D eigenvalue weighted by Gasteiger charge is -2.25. The van der Waals surface area contributed by atoms with Crippen molar-refractivity contribution in [1.29, 1.82) is 0 Å². The molecular formula is C15H21BrO3. The fraction of sp³-hybridized carbons (Fsp3) is 0.533. The molecule has 0 aliphatic heterocycles. The first kappa shape index (κ1) is 16.0. The molecule has 0 aliphatic carbocycles. The Kier molecular flexibility index (Phi) is 5.02. The van der Waals surface area contributed by atoms with Crippen molar-refractivity contribution >= 4 is 21.9 Å². The topological polar surface area (TPSA) is 46.5 Å². The molecule has 0 heterocycles. The summed E-state index contributed by atoms with van der Waals surface area (Å²) in [6.45, 7) is 8.05. The molecule has 1 aromatic rings. The van der Waals surface area contributed by atoms with Gasteiger partial charge in [-0.15, -0.1) is 0 Å². The summed E-state index contributed by atoms with van der Waals surface area (Å²) < 4.78 is 6.47. The Morgan fingerprint density at radius 2 is 2.00 bits per heavy atom. The maximum absolute atomic E-state index is 11.0. The molecule has 0 bridgehead atoms. The van der Waals surface area contributed by atoms with Gasteiger partial charge in [0, 0.05) is 10.0 Å². The number of rotatable bonds is 4. The minimum atomic E-state index is -0.792. The van der Waals surface area contributed by atoms with E-state index in [0.717, 1.165) is 21.3 Å². The summed E-state index contributed by atoms with van der Waals surface area (Å²) in [5.74, 6) is -0.431. The largest absolute Gasteiger partial charge is 0.496 e. The summed E-state index contributed by atoms with van der Waals surface area (Å²) in [4.78, 5) is 11.0. The van der Waals surface area contributed by atoms with E-state index in [9.17, 15) is 4.79 Å². The van der Waals surface area contributed by atoms with E-state index in [2.05, 4.69) is 36.7 Å². The van der Waals surface area contributed by atoms with Crippen LogP contribution in [0.4, 0.5) is 0 Å². The van der Waals surface area contributed by atoms with Crippen molar-refractivity contribution in [2.45, 2.75) is 39.5 Å². The van der Waals surface area contributed by atoms with Gasteiger partial charge in [-0.05, 0) is 29.5 Å². The van der Waals surface area contributed by atoms with E-state index < -0.39 is 11.9 Å². The molecule has 1 N–H and O–H groups in total. The second kappa shape index (κ2) is 5.95. The van der Waals surface area contributed by atoms with Gasteiger partial charge in [0.15, 0.2) is 0 Å².